The number of methoxy groups -OCH3 is 1. The van der Waals surface area contributed by atoms with Gasteiger partial charge in [0.25, 0.3) is 0 Å². The first-order chi connectivity index (χ1) is 10.1. The Labute approximate surface area is 129 Å². The third-order valence-electron chi connectivity index (χ3n) is 3.77. The van der Waals surface area contributed by atoms with Crippen molar-refractivity contribution in [2.45, 2.75) is 38.8 Å². The van der Waals surface area contributed by atoms with E-state index >= 15 is 0 Å². The molecule has 0 bridgehead atoms. The van der Waals surface area contributed by atoms with Crippen LogP contribution in [-0.2, 0) is 6.42 Å². The number of aliphatic hydroxyl groups is 1. The lowest BCUT2D eigenvalue weighted by Gasteiger charge is -2.27. The van der Waals surface area contributed by atoms with Crippen LogP contribution in [0, 0.1) is 0 Å². The topological polar surface area (TPSA) is 44.7 Å². The van der Waals surface area contributed by atoms with Gasteiger partial charge >= 0.3 is 0 Å². The van der Waals surface area contributed by atoms with E-state index in [0.29, 0.717) is 19.1 Å². The van der Waals surface area contributed by atoms with Crippen molar-refractivity contribution >= 4 is 0 Å². The van der Waals surface area contributed by atoms with Crippen LogP contribution < -0.4 is 10.1 Å². The minimum absolute atomic E-state index is 0.332. The van der Waals surface area contributed by atoms with E-state index in [0.717, 1.165) is 25.1 Å². The summed E-state index contributed by atoms with van der Waals surface area (Å²) in [6, 6.07) is 8.46. The summed E-state index contributed by atoms with van der Waals surface area (Å²) < 4.78 is 5.39. The summed E-state index contributed by atoms with van der Waals surface area (Å²) in [5, 5.41) is 13.3. The third-order valence-corrected chi connectivity index (χ3v) is 3.77. The molecule has 0 amide bonds. The molecule has 2 unspecified atom stereocenters. The average Bonchev–Trinajstić information content (AvgIpc) is 2.48. The van der Waals surface area contributed by atoms with Gasteiger partial charge in [0, 0.05) is 19.1 Å². The molecule has 120 valence electrons. The number of aliphatic hydroxyl groups excluding tert-OH is 1. The Morgan fingerprint density at radius 1 is 1.33 bits per heavy atom. The van der Waals surface area contributed by atoms with Gasteiger partial charge in [0.15, 0.2) is 0 Å². The maximum Gasteiger partial charge on any atom is 0.122 e. The number of nitrogens with one attached hydrogen (secondary N) is 1. The van der Waals surface area contributed by atoms with Crippen LogP contribution >= 0.6 is 0 Å². The molecule has 21 heavy (non-hydrogen) atoms. The summed E-state index contributed by atoms with van der Waals surface area (Å²) in [6.45, 7) is 6.59. The van der Waals surface area contributed by atoms with Gasteiger partial charge in [-0.3, -0.25) is 0 Å². The molecule has 4 heteroatoms. The van der Waals surface area contributed by atoms with Gasteiger partial charge in [-0.05, 0) is 45.0 Å². The number of nitrogens with zero attached hydrogens (tertiary/aromatic N) is 1. The smallest absolute Gasteiger partial charge is 0.122 e. The lowest BCUT2D eigenvalue weighted by atomic mass is 10.0. The predicted molar refractivity (Wildman–Crippen MR) is 88.0 cm³/mol. The minimum atomic E-state index is -0.332. The average molecular weight is 294 g/mol. The summed E-state index contributed by atoms with van der Waals surface area (Å²) in [5.74, 6) is 0.933. The summed E-state index contributed by atoms with van der Waals surface area (Å²) in [4.78, 5) is 2.20. The summed E-state index contributed by atoms with van der Waals surface area (Å²) in [6.07, 6.45) is 1.67. The van der Waals surface area contributed by atoms with Gasteiger partial charge in [0.2, 0.25) is 0 Å². The normalized spacial score (nSPS) is 14.2. The van der Waals surface area contributed by atoms with Crippen molar-refractivity contribution in [1.82, 2.24) is 10.2 Å². The first kappa shape index (κ1) is 18.0. The number of likely N-dealkylation sites (N-methyl/N-ethyl adjacent to an activating group) is 1. The first-order valence-electron chi connectivity index (χ1n) is 7.79. The van der Waals surface area contributed by atoms with Gasteiger partial charge in [0.1, 0.15) is 5.75 Å². The maximum absolute atomic E-state index is 10.0. The maximum atomic E-state index is 10.0. The van der Waals surface area contributed by atoms with Crippen LogP contribution in [0.3, 0.4) is 0 Å². The Bertz CT molecular complexity index is 398. The molecule has 2 atom stereocenters. The second-order valence-corrected chi connectivity index (χ2v) is 5.66. The van der Waals surface area contributed by atoms with Crippen LogP contribution in [0.2, 0.25) is 0 Å². The number of hydrogen-bond acceptors (Lipinski definition) is 4. The van der Waals surface area contributed by atoms with E-state index in [4.69, 9.17) is 4.74 Å². The Balaban J connectivity index is 2.45. The fraction of sp³-hybridized carbons (Fsp3) is 0.647. The highest BCUT2D eigenvalue weighted by Crippen LogP contribution is 2.20. The molecule has 0 aliphatic carbocycles. The Morgan fingerprint density at radius 2 is 2.05 bits per heavy atom. The summed E-state index contributed by atoms with van der Waals surface area (Å²) >= 11 is 0. The molecule has 1 rings (SSSR count). The van der Waals surface area contributed by atoms with E-state index in [9.17, 15) is 5.11 Å². The molecule has 4 nitrogen and oxygen atoms in total. The quantitative estimate of drug-likeness (QED) is 0.647. The monoisotopic (exact) mass is 294 g/mol. The van der Waals surface area contributed by atoms with Crippen molar-refractivity contribution in [1.29, 1.82) is 0 Å². The van der Waals surface area contributed by atoms with E-state index < -0.39 is 0 Å². The van der Waals surface area contributed by atoms with Crippen molar-refractivity contribution < 1.29 is 9.84 Å². The Morgan fingerprint density at radius 3 is 2.71 bits per heavy atom. The van der Waals surface area contributed by atoms with Gasteiger partial charge < -0.3 is 20.1 Å². The van der Waals surface area contributed by atoms with Crippen molar-refractivity contribution in [2.75, 3.05) is 33.8 Å². The Hall–Kier alpha value is -1.10. The highest BCUT2D eigenvalue weighted by Gasteiger charge is 2.15. The number of hydrogen-bond donors (Lipinski definition) is 2. The largest absolute Gasteiger partial charge is 0.496 e. The predicted octanol–water partition coefficient (Wildman–Crippen LogP) is 1.92. The van der Waals surface area contributed by atoms with E-state index in [-0.39, 0.29) is 6.10 Å². The SMILES string of the molecule is CCCNCC(O)CN(C)C(C)Cc1ccccc1OC. The van der Waals surface area contributed by atoms with E-state index in [1.54, 1.807) is 7.11 Å². The van der Waals surface area contributed by atoms with Crippen LogP contribution in [0.1, 0.15) is 25.8 Å². The van der Waals surface area contributed by atoms with Gasteiger partial charge in [-0.1, -0.05) is 25.1 Å². The fourth-order valence-electron chi connectivity index (χ4n) is 2.37. The molecule has 0 aromatic heterocycles. The molecule has 0 aliphatic heterocycles. The zero-order chi connectivity index (χ0) is 15.7. The zero-order valence-electron chi connectivity index (χ0n) is 13.8. The van der Waals surface area contributed by atoms with Gasteiger partial charge in [-0.25, -0.2) is 0 Å². The lowest BCUT2D eigenvalue weighted by molar-refractivity contribution is 0.107. The number of benzene rings is 1. The second-order valence-electron chi connectivity index (χ2n) is 5.66. The third kappa shape index (κ3) is 6.46. The highest BCUT2D eigenvalue weighted by molar-refractivity contribution is 5.33. The van der Waals surface area contributed by atoms with Crippen LogP contribution in [0.15, 0.2) is 24.3 Å². The minimum Gasteiger partial charge on any atom is -0.496 e. The van der Waals surface area contributed by atoms with Crippen molar-refractivity contribution in [3.05, 3.63) is 29.8 Å². The van der Waals surface area contributed by atoms with Crippen LogP contribution in [0.4, 0.5) is 0 Å². The molecule has 1 aromatic carbocycles. The van der Waals surface area contributed by atoms with Crippen molar-refractivity contribution in [3.63, 3.8) is 0 Å². The molecule has 0 saturated heterocycles. The van der Waals surface area contributed by atoms with Gasteiger partial charge in [-0.2, -0.15) is 0 Å². The van der Waals surface area contributed by atoms with Crippen molar-refractivity contribution in [3.8, 4) is 5.75 Å². The van der Waals surface area contributed by atoms with Crippen LogP contribution in [0.25, 0.3) is 0 Å². The number of ether oxygens (including phenoxy) is 1. The van der Waals surface area contributed by atoms with Gasteiger partial charge in [0.05, 0.1) is 13.2 Å². The molecular formula is C17H30N2O2. The van der Waals surface area contributed by atoms with E-state index in [2.05, 4.69) is 37.2 Å². The molecule has 2 N–H and O–H groups in total. The molecule has 0 spiro atoms. The second kappa shape index (κ2) is 9.77. The first-order valence-corrected chi connectivity index (χ1v) is 7.79. The van der Waals surface area contributed by atoms with E-state index in [1.165, 1.54) is 5.56 Å². The van der Waals surface area contributed by atoms with Gasteiger partial charge in [-0.15, -0.1) is 0 Å². The number of rotatable bonds is 10. The van der Waals surface area contributed by atoms with Crippen molar-refractivity contribution in [2.24, 2.45) is 0 Å². The molecule has 0 saturated carbocycles. The van der Waals surface area contributed by atoms with Crippen LogP contribution in [-0.4, -0.2) is 55.9 Å². The molecule has 0 heterocycles. The Kier molecular flexibility index (Phi) is 8.35. The number of para-hydroxylation sites is 1. The lowest BCUT2D eigenvalue weighted by Crippen LogP contribution is -2.41. The highest BCUT2D eigenvalue weighted by atomic mass is 16.5. The zero-order valence-corrected chi connectivity index (χ0v) is 13.8. The summed E-state index contributed by atoms with van der Waals surface area (Å²) in [7, 11) is 3.76. The summed E-state index contributed by atoms with van der Waals surface area (Å²) in [5.41, 5.74) is 1.21. The molecule has 0 radical (unpaired) electrons. The fourth-order valence-corrected chi connectivity index (χ4v) is 2.37. The molecule has 1 aromatic rings. The molecular weight excluding hydrogens is 264 g/mol. The molecule has 0 aliphatic rings. The standard InChI is InChI=1S/C17H30N2O2/c1-5-10-18-12-16(20)13-19(3)14(2)11-15-8-6-7-9-17(15)21-4/h6-9,14,16,18,20H,5,10-13H2,1-4H3. The van der Waals surface area contributed by atoms with E-state index in [1.807, 2.05) is 18.2 Å². The van der Waals surface area contributed by atoms with Crippen LogP contribution in [0.5, 0.6) is 5.75 Å². The molecule has 0 fully saturated rings.